The zero-order chi connectivity index (χ0) is 24.5. The van der Waals surface area contributed by atoms with Gasteiger partial charge in [-0.3, -0.25) is 15.0 Å². The molecule has 0 aromatic heterocycles. The number of hydrogen-bond acceptors (Lipinski definition) is 6. The van der Waals surface area contributed by atoms with Crippen LogP contribution in [-0.4, -0.2) is 69.8 Å². The molecule has 32 heavy (non-hydrogen) atoms. The van der Waals surface area contributed by atoms with Gasteiger partial charge in [-0.2, -0.15) is 0 Å². The molecule has 0 saturated heterocycles. The fourth-order valence-electron chi connectivity index (χ4n) is 3.08. The smallest absolute Gasteiger partial charge is 0.422 e. The van der Waals surface area contributed by atoms with Gasteiger partial charge in [-0.15, -0.1) is 0 Å². The van der Waals surface area contributed by atoms with E-state index >= 15 is 0 Å². The molecule has 178 valence electrons. The Bertz CT molecular complexity index is 776. The maximum atomic E-state index is 12.5. The first kappa shape index (κ1) is 27.1. The lowest BCUT2D eigenvalue weighted by atomic mass is 9.98. The molecule has 0 unspecified atom stereocenters. The Kier molecular flexibility index (Phi) is 10.3. The van der Waals surface area contributed by atoms with Gasteiger partial charge in [0.05, 0.1) is 12.1 Å². The number of aliphatic hydroxyl groups is 1. The van der Waals surface area contributed by atoms with Crippen LogP contribution in [0.5, 0.6) is 0 Å². The van der Waals surface area contributed by atoms with Crippen LogP contribution in [0.25, 0.3) is 0 Å². The molecular weight excluding hydrogens is 412 g/mol. The Hall–Kier alpha value is -2.91. The molecule has 0 fully saturated rings. The van der Waals surface area contributed by atoms with Crippen LogP contribution in [-0.2, 0) is 20.7 Å². The van der Waals surface area contributed by atoms with Crippen molar-refractivity contribution in [3.05, 3.63) is 48.6 Å². The molecule has 0 spiro atoms. The normalized spacial score (nSPS) is 13.4. The van der Waals surface area contributed by atoms with Gasteiger partial charge in [-0.1, -0.05) is 36.9 Å². The minimum atomic E-state index is -1.13. The van der Waals surface area contributed by atoms with E-state index in [2.05, 4.69) is 12.0 Å². The topological polar surface area (TPSA) is 125 Å². The summed E-state index contributed by atoms with van der Waals surface area (Å²) in [5.41, 5.74) is 8.18. The van der Waals surface area contributed by atoms with Gasteiger partial charge in [-0.05, 0) is 52.7 Å². The standard InChI is InChI=1S/C23H36N4O5/c1-7-21(30)26(15-20(24)29)18(13-17-11-9-8-10-12-17)19(28)14-27(16(2)3)25-22(31)32-23(4,5)6/h7-12,16,18-19,28H,1,13-15H2,2-6H3,(H2,24,29)(H,25,31)/t18-,19-/m0/s1. The number of hydrogen-bond donors (Lipinski definition) is 3. The Morgan fingerprint density at radius 2 is 1.81 bits per heavy atom. The van der Waals surface area contributed by atoms with Crippen molar-refractivity contribution in [1.82, 2.24) is 15.3 Å². The van der Waals surface area contributed by atoms with Gasteiger partial charge in [-0.25, -0.2) is 9.80 Å². The average molecular weight is 449 g/mol. The lowest BCUT2D eigenvalue weighted by Crippen LogP contribution is -2.57. The Labute approximate surface area is 190 Å². The van der Waals surface area contributed by atoms with Gasteiger partial charge in [0.25, 0.3) is 0 Å². The molecule has 9 heteroatoms. The SMILES string of the molecule is C=CC(=O)N(CC(N)=O)[C@@H](Cc1ccccc1)[C@@H](O)CN(NC(=O)OC(C)(C)C)C(C)C. The third-order valence-corrected chi connectivity index (χ3v) is 4.56. The minimum Gasteiger partial charge on any atom is -0.443 e. The van der Waals surface area contributed by atoms with Gasteiger partial charge in [0, 0.05) is 12.6 Å². The second-order valence-corrected chi connectivity index (χ2v) is 8.82. The highest BCUT2D eigenvalue weighted by molar-refractivity contribution is 5.90. The van der Waals surface area contributed by atoms with Crippen LogP contribution in [0.3, 0.4) is 0 Å². The number of nitrogens with zero attached hydrogens (tertiary/aromatic N) is 2. The highest BCUT2D eigenvalue weighted by Crippen LogP contribution is 2.16. The van der Waals surface area contributed by atoms with Crippen molar-refractivity contribution in [2.75, 3.05) is 13.1 Å². The van der Waals surface area contributed by atoms with E-state index in [1.54, 1.807) is 20.8 Å². The van der Waals surface area contributed by atoms with E-state index in [9.17, 15) is 19.5 Å². The Balaban J connectivity index is 3.16. The summed E-state index contributed by atoms with van der Waals surface area (Å²) in [6.45, 7) is 12.0. The second-order valence-electron chi connectivity index (χ2n) is 8.82. The molecule has 1 rings (SSSR count). The van der Waals surface area contributed by atoms with E-state index in [1.807, 2.05) is 44.2 Å². The number of nitrogens with one attached hydrogen (secondary N) is 1. The number of carbonyl (C=O) groups is 3. The molecule has 4 N–H and O–H groups in total. The highest BCUT2D eigenvalue weighted by Gasteiger charge is 2.32. The monoisotopic (exact) mass is 448 g/mol. The summed E-state index contributed by atoms with van der Waals surface area (Å²) >= 11 is 0. The van der Waals surface area contributed by atoms with Gasteiger partial charge in [0.15, 0.2) is 0 Å². The zero-order valence-electron chi connectivity index (χ0n) is 19.6. The molecule has 0 aliphatic heterocycles. The number of nitrogens with two attached hydrogens (primary N) is 1. The predicted octanol–water partition coefficient (Wildman–Crippen LogP) is 1.61. The summed E-state index contributed by atoms with van der Waals surface area (Å²) in [6.07, 6.45) is -0.440. The number of rotatable bonds is 11. The first-order valence-corrected chi connectivity index (χ1v) is 10.5. The number of aliphatic hydroxyl groups excluding tert-OH is 1. The quantitative estimate of drug-likeness (QED) is 0.349. The van der Waals surface area contributed by atoms with E-state index < -0.39 is 35.7 Å². The van der Waals surface area contributed by atoms with E-state index in [1.165, 1.54) is 9.91 Å². The fourth-order valence-corrected chi connectivity index (χ4v) is 3.08. The van der Waals surface area contributed by atoms with E-state index in [4.69, 9.17) is 10.5 Å². The number of carbonyl (C=O) groups excluding carboxylic acids is 3. The summed E-state index contributed by atoms with van der Waals surface area (Å²) in [5, 5.41) is 12.7. The number of amides is 3. The maximum Gasteiger partial charge on any atom is 0.422 e. The largest absolute Gasteiger partial charge is 0.443 e. The van der Waals surface area contributed by atoms with Crippen molar-refractivity contribution in [3.63, 3.8) is 0 Å². The molecule has 0 heterocycles. The van der Waals surface area contributed by atoms with Crippen LogP contribution < -0.4 is 11.2 Å². The molecule has 9 nitrogen and oxygen atoms in total. The molecule has 2 atom stereocenters. The van der Waals surface area contributed by atoms with Crippen LogP contribution in [0.15, 0.2) is 43.0 Å². The van der Waals surface area contributed by atoms with Gasteiger partial charge >= 0.3 is 6.09 Å². The van der Waals surface area contributed by atoms with E-state index in [0.29, 0.717) is 0 Å². The molecule has 0 aliphatic rings. The van der Waals surface area contributed by atoms with Crippen LogP contribution in [0, 0.1) is 0 Å². The molecule has 1 aromatic carbocycles. The van der Waals surface area contributed by atoms with E-state index in [-0.39, 0.29) is 25.6 Å². The Morgan fingerprint density at radius 3 is 2.28 bits per heavy atom. The van der Waals surface area contributed by atoms with Crippen LogP contribution >= 0.6 is 0 Å². The molecule has 0 bridgehead atoms. The lowest BCUT2D eigenvalue weighted by Gasteiger charge is -2.37. The lowest BCUT2D eigenvalue weighted by molar-refractivity contribution is -0.136. The van der Waals surface area contributed by atoms with Crippen molar-refractivity contribution in [1.29, 1.82) is 0 Å². The summed E-state index contributed by atoms with van der Waals surface area (Å²) in [5.74, 6) is -1.24. The third kappa shape index (κ3) is 9.49. The van der Waals surface area contributed by atoms with Gasteiger partial charge in [0.1, 0.15) is 12.1 Å². The van der Waals surface area contributed by atoms with Crippen molar-refractivity contribution in [3.8, 4) is 0 Å². The summed E-state index contributed by atoms with van der Waals surface area (Å²) in [6, 6.07) is 8.29. The molecule has 1 aromatic rings. The van der Waals surface area contributed by atoms with Gasteiger partial charge in [0.2, 0.25) is 11.8 Å². The van der Waals surface area contributed by atoms with Crippen molar-refractivity contribution >= 4 is 17.9 Å². The number of primary amides is 1. The van der Waals surface area contributed by atoms with E-state index in [0.717, 1.165) is 11.6 Å². The van der Waals surface area contributed by atoms with Crippen LogP contribution in [0.2, 0.25) is 0 Å². The minimum absolute atomic E-state index is 0.0197. The summed E-state index contributed by atoms with van der Waals surface area (Å²) in [7, 11) is 0. The number of hydrazine groups is 1. The molecular formula is C23H36N4O5. The first-order valence-electron chi connectivity index (χ1n) is 10.5. The summed E-state index contributed by atoms with van der Waals surface area (Å²) < 4.78 is 5.30. The molecule has 0 radical (unpaired) electrons. The van der Waals surface area contributed by atoms with Crippen LogP contribution in [0.4, 0.5) is 4.79 Å². The van der Waals surface area contributed by atoms with Gasteiger partial charge < -0.3 is 20.5 Å². The predicted molar refractivity (Wildman–Crippen MR) is 122 cm³/mol. The zero-order valence-corrected chi connectivity index (χ0v) is 19.6. The van der Waals surface area contributed by atoms with Crippen molar-refractivity contribution in [2.45, 2.75) is 64.8 Å². The number of benzene rings is 1. The second kappa shape index (κ2) is 12.2. The first-order chi connectivity index (χ1) is 14.8. The van der Waals surface area contributed by atoms with Crippen molar-refractivity contribution < 1.29 is 24.2 Å². The highest BCUT2D eigenvalue weighted by atomic mass is 16.6. The molecule has 3 amide bonds. The third-order valence-electron chi connectivity index (χ3n) is 4.56. The van der Waals surface area contributed by atoms with Crippen molar-refractivity contribution in [2.24, 2.45) is 5.73 Å². The maximum absolute atomic E-state index is 12.5. The number of ether oxygens (including phenoxy) is 1. The molecule has 0 aliphatic carbocycles. The average Bonchev–Trinajstić information content (AvgIpc) is 2.68. The fraction of sp³-hybridized carbons (Fsp3) is 0.522. The Morgan fingerprint density at radius 1 is 1.22 bits per heavy atom. The molecule has 0 saturated carbocycles. The summed E-state index contributed by atoms with van der Waals surface area (Å²) in [4.78, 5) is 37.6. The van der Waals surface area contributed by atoms with Crippen LogP contribution in [0.1, 0.15) is 40.2 Å².